The molecule has 1 aromatic rings. The summed E-state index contributed by atoms with van der Waals surface area (Å²) in [6.45, 7) is 11.2. The Morgan fingerprint density at radius 3 is 2.06 bits per heavy atom. The smallest absolute Gasteiger partial charge is 0.407 e. The van der Waals surface area contributed by atoms with Gasteiger partial charge in [-0.15, -0.1) is 5.92 Å². The summed E-state index contributed by atoms with van der Waals surface area (Å²) in [7, 11) is 0. The van der Waals surface area contributed by atoms with Crippen molar-refractivity contribution in [2.75, 3.05) is 0 Å². The monoisotopic (exact) mass is 437 g/mol. The molecule has 1 amide bonds. The van der Waals surface area contributed by atoms with Crippen LogP contribution in [0.1, 0.15) is 94.4 Å². The minimum absolute atomic E-state index is 0.0233. The Morgan fingerprint density at radius 2 is 1.59 bits per heavy atom. The highest BCUT2D eigenvalue weighted by Gasteiger charge is 2.47. The predicted molar refractivity (Wildman–Crippen MR) is 125 cm³/mol. The van der Waals surface area contributed by atoms with Gasteiger partial charge in [-0.25, -0.2) is 4.79 Å². The summed E-state index contributed by atoms with van der Waals surface area (Å²) in [6, 6.07) is 3.96. The average molecular weight is 438 g/mol. The lowest BCUT2D eigenvalue weighted by Gasteiger charge is -2.43. The second kappa shape index (κ2) is 9.10. The first kappa shape index (κ1) is 24.0. The second-order valence-electron chi connectivity index (χ2n) is 10.5. The molecule has 2 aliphatic carbocycles. The number of benzene rings is 1. The summed E-state index contributed by atoms with van der Waals surface area (Å²) in [4.78, 5) is 38.6. The quantitative estimate of drug-likeness (QED) is 0.513. The van der Waals surface area contributed by atoms with Crippen molar-refractivity contribution in [3.8, 4) is 11.8 Å². The van der Waals surface area contributed by atoms with Crippen molar-refractivity contribution in [3.05, 3.63) is 34.4 Å². The SMILES string of the molecule is CC#Cc1cc(C)c(C2C(=O)CC3(CCC(NC(=O)OC(C)(C)C)CC3)CC2=O)c(C)c1. The Hall–Kier alpha value is -2.61. The number of carbonyl (C=O) groups excluding carboxylic acids is 3. The first-order valence-corrected chi connectivity index (χ1v) is 11.5. The fraction of sp³-hybridized carbons (Fsp3) is 0.593. The Labute approximate surface area is 191 Å². The highest BCUT2D eigenvalue weighted by Crippen LogP contribution is 2.49. The number of nitrogens with one attached hydrogen (secondary N) is 1. The van der Waals surface area contributed by atoms with Crippen LogP contribution in [0.25, 0.3) is 0 Å². The van der Waals surface area contributed by atoms with Crippen molar-refractivity contribution in [2.24, 2.45) is 5.41 Å². The fourth-order valence-electron chi connectivity index (χ4n) is 5.36. The largest absolute Gasteiger partial charge is 0.444 e. The van der Waals surface area contributed by atoms with E-state index < -0.39 is 17.6 Å². The van der Waals surface area contributed by atoms with E-state index in [0.29, 0.717) is 12.8 Å². The predicted octanol–water partition coefficient (Wildman–Crippen LogP) is 5.14. The van der Waals surface area contributed by atoms with Gasteiger partial charge in [0, 0.05) is 24.4 Å². The number of carbonyl (C=O) groups is 3. The molecule has 0 saturated heterocycles. The molecule has 1 spiro atoms. The lowest BCUT2D eigenvalue weighted by Crippen LogP contribution is -2.46. The third kappa shape index (κ3) is 5.41. The molecule has 0 bridgehead atoms. The van der Waals surface area contributed by atoms with Gasteiger partial charge in [0.2, 0.25) is 0 Å². The van der Waals surface area contributed by atoms with Gasteiger partial charge in [-0.2, -0.15) is 0 Å². The van der Waals surface area contributed by atoms with Crippen LogP contribution in [0.4, 0.5) is 4.79 Å². The molecular formula is C27H35NO4. The van der Waals surface area contributed by atoms with E-state index in [-0.39, 0.29) is 23.0 Å². The van der Waals surface area contributed by atoms with E-state index in [0.717, 1.165) is 47.9 Å². The van der Waals surface area contributed by atoms with Gasteiger partial charge in [0.25, 0.3) is 0 Å². The highest BCUT2D eigenvalue weighted by atomic mass is 16.6. The number of amides is 1. The Kier molecular flexibility index (Phi) is 6.83. The zero-order valence-electron chi connectivity index (χ0n) is 20.2. The molecule has 1 aromatic carbocycles. The number of rotatable bonds is 2. The first-order valence-electron chi connectivity index (χ1n) is 11.5. The third-order valence-corrected chi connectivity index (χ3v) is 6.66. The van der Waals surface area contributed by atoms with Gasteiger partial charge in [-0.3, -0.25) is 9.59 Å². The summed E-state index contributed by atoms with van der Waals surface area (Å²) in [5.74, 6) is 5.35. The molecule has 0 radical (unpaired) electrons. The normalized spacial score (nSPS) is 25.8. The van der Waals surface area contributed by atoms with Crippen molar-refractivity contribution in [1.29, 1.82) is 0 Å². The minimum atomic E-state index is -0.665. The van der Waals surface area contributed by atoms with Crippen LogP contribution >= 0.6 is 0 Å². The molecule has 0 aliphatic heterocycles. The number of ether oxygens (including phenoxy) is 1. The van der Waals surface area contributed by atoms with Crippen LogP contribution in [-0.2, 0) is 14.3 Å². The fourth-order valence-corrected chi connectivity index (χ4v) is 5.36. The van der Waals surface area contributed by atoms with E-state index in [1.165, 1.54) is 0 Å². The summed E-state index contributed by atoms with van der Waals surface area (Å²) in [5, 5.41) is 2.94. The van der Waals surface area contributed by atoms with Crippen LogP contribution in [0.2, 0.25) is 0 Å². The first-order chi connectivity index (χ1) is 14.9. The molecule has 0 unspecified atom stereocenters. The topological polar surface area (TPSA) is 72.5 Å². The number of alkyl carbamates (subject to hydrolysis) is 1. The van der Waals surface area contributed by atoms with Crippen LogP contribution in [0, 0.1) is 31.1 Å². The van der Waals surface area contributed by atoms with Gasteiger partial charge in [0.1, 0.15) is 23.1 Å². The molecule has 2 saturated carbocycles. The highest BCUT2D eigenvalue weighted by molar-refractivity contribution is 6.10. The second-order valence-corrected chi connectivity index (χ2v) is 10.5. The maximum Gasteiger partial charge on any atom is 0.407 e. The van der Waals surface area contributed by atoms with Gasteiger partial charge in [-0.05, 0) is 101 Å². The lowest BCUT2D eigenvalue weighted by molar-refractivity contribution is -0.138. The van der Waals surface area contributed by atoms with Crippen molar-refractivity contribution < 1.29 is 19.1 Å². The number of hydrogen-bond acceptors (Lipinski definition) is 4. The standard InChI is InChI=1S/C27H35NO4/c1-7-8-19-13-17(2)23(18(3)14-19)24-21(29)15-27(16-22(24)30)11-9-20(10-12-27)28-25(31)32-26(4,5)6/h13-14,20,24H,9-12,15-16H2,1-6H3,(H,28,31). The number of ketones is 2. The van der Waals surface area contributed by atoms with Crippen molar-refractivity contribution in [1.82, 2.24) is 5.32 Å². The zero-order chi connectivity index (χ0) is 23.7. The molecule has 2 aliphatic rings. The molecule has 1 N–H and O–H groups in total. The van der Waals surface area contributed by atoms with Gasteiger partial charge in [-0.1, -0.05) is 5.92 Å². The summed E-state index contributed by atoms with van der Waals surface area (Å²) in [5.41, 5.74) is 2.87. The van der Waals surface area contributed by atoms with E-state index in [1.54, 1.807) is 6.92 Å². The molecule has 0 atom stereocenters. The van der Waals surface area contributed by atoms with Gasteiger partial charge in [0.15, 0.2) is 0 Å². The Morgan fingerprint density at radius 1 is 1.06 bits per heavy atom. The maximum atomic E-state index is 13.3. The van der Waals surface area contributed by atoms with E-state index in [2.05, 4.69) is 17.2 Å². The van der Waals surface area contributed by atoms with Crippen molar-refractivity contribution >= 4 is 17.7 Å². The molecule has 0 aromatic heterocycles. The van der Waals surface area contributed by atoms with Gasteiger partial charge in [0.05, 0.1) is 0 Å². The van der Waals surface area contributed by atoms with E-state index in [4.69, 9.17) is 4.74 Å². The lowest BCUT2D eigenvalue weighted by atomic mass is 9.60. The van der Waals surface area contributed by atoms with Crippen LogP contribution < -0.4 is 5.32 Å². The average Bonchev–Trinajstić information content (AvgIpc) is 2.64. The van der Waals surface area contributed by atoms with Crippen LogP contribution in [0.15, 0.2) is 12.1 Å². The van der Waals surface area contributed by atoms with Crippen LogP contribution in [-0.4, -0.2) is 29.3 Å². The molecule has 0 heterocycles. The maximum absolute atomic E-state index is 13.3. The Bertz CT molecular complexity index is 938. The Balaban J connectivity index is 1.68. The van der Waals surface area contributed by atoms with E-state index in [1.807, 2.05) is 46.8 Å². The minimum Gasteiger partial charge on any atom is -0.444 e. The van der Waals surface area contributed by atoms with Gasteiger partial charge >= 0.3 is 6.09 Å². The summed E-state index contributed by atoms with van der Waals surface area (Å²) >= 11 is 0. The molecule has 5 nitrogen and oxygen atoms in total. The molecule has 32 heavy (non-hydrogen) atoms. The third-order valence-electron chi connectivity index (χ3n) is 6.66. The molecular weight excluding hydrogens is 402 g/mol. The van der Waals surface area contributed by atoms with Gasteiger partial charge < -0.3 is 10.1 Å². The number of aryl methyl sites for hydroxylation is 2. The summed E-state index contributed by atoms with van der Waals surface area (Å²) in [6.07, 6.45) is 3.49. The van der Waals surface area contributed by atoms with E-state index >= 15 is 0 Å². The molecule has 5 heteroatoms. The molecule has 2 fully saturated rings. The van der Waals surface area contributed by atoms with Crippen molar-refractivity contribution in [3.63, 3.8) is 0 Å². The van der Waals surface area contributed by atoms with Crippen molar-refractivity contribution in [2.45, 2.75) is 97.6 Å². The van der Waals surface area contributed by atoms with E-state index in [9.17, 15) is 14.4 Å². The van der Waals surface area contributed by atoms with Crippen LogP contribution in [0.5, 0.6) is 0 Å². The molecule has 3 rings (SSSR count). The zero-order valence-corrected chi connectivity index (χ0v) is 20.2. The van der Waals surface area contributed by atoms with Crippen LogP contribution in [0.3, 0.4) is 0 Å². The summed E-state index contributed by atoms with van der Waals surface area (Å²) < 4.78 is 5.35. The number of Topliss-reactive ketones (excluding diaryl/α,β-unsaturated/α-hetero) is 2. The number of hydrogen-bond donors (Lipinski definition) is 1. The molecule has 172 valence electrons.